The third-order valence-corrected chi connectivity index (χ3v) is 6.96. The molecule has 0 unspecified atom stereocenters. The lowest BCUT2D eigenvalue weighted by Crippen LogP contribution is -2.21. The summed E-state index contributed by atoms with van der Waals surface area (Å²) in [5.41, 5.74) is 3.97. The molecule has 43 heavy (non-hydrogen) atoms. The lowest BCUT2D eigenvalue weighted by Gasteiger charge is -2.15. The molecule has 3 aromatic carbocycles. The molecule has 0 saturated carbocycles. The van der Waals surface area contributed by atoms with Crippen molar-refractivity contribution in [3.8, 4) is 22.6 Å². The van der Waals surface area contributed by atoms with Gasteiger partial charge in [-0.3, -0.25) is 14.4 Å². The molecule has 230 valence electrons. The van der Waals surface area contributed by atoms with Crippen molar-refractivity contribution < 1.29 is 38.5 Å². The quantitative estimate of drug-likeness (QED) is 0.159. The number of ether oxygens (including phenoxy) is 2. The van der Waals surface area contributed by atoms with Crippen molar-refractivity contribution in [2.24, 2.45) is 0 Å². The number of nitrogens with zero attached hydrogens (tertiary/aromatic N) is 1. The Bertz CT molecular complexity index is 1370. The number of carbonyl (C=O) groups is 3. The fourth-order valence-corrected chi connectivity index (χ4v) is 4.74. The van der Waals surface area contributed by atoms with E-state index in [0.717, 1.165) is 54.4 Å². The minimum Gasteiger partial charge on any atom is -0.494 e. The first-order chi connectivity index (χ1) is 20.6. The van der Waals surface area contributed by atoms with Gasteiger partial charge in [-0.05, 0) is 90.8 Å². The van der Waals surface area contributed by atoms with Crippen LogP contribution in [-0.2, 0) is 22.4 Å². The SMILES string of the molecule is CN(C)C(=O)c1cc(OCCCCCCc2cccc(OCCCC(=O)O)c2CCC(=O)O)cc(-c2ccc(F)cc2)c1. The third-order valence-electron chi connectivity index (χ3n) is 6.96. The van der Waals surface area contributed by atoms with E-state index in [1.165, 1.54) is 17.0 Å². The van der Waals surface area contributed by atoms with E-state index in [0.29, 0.717) is 36.5 Å². The zero-order valence-corrected chi connectivity index (χ0v) is 24.8. The van der Waals surface area contributed by atoms with Crippen LogP contribution in [0.3, 0.4) is 0 Å². The van der Waals surface area contributed by atoms with Crippen molar-refractivity contribution in [2.75, 3.05) is 27.3 Å². The van der Waals surface area contributed by atoms with Gasteiger partial charge in [0.25, 0.3) is 5.91 Å². The summed E-state index contributed by atoms with van der Waals surface area (Å²) < 4.78 is 25.3. The standard InChI is InChI=1S/C34H40FNO7/c1-36(2)34(41)27-21-26(24-13-15-28(35)16-14-24)22-29(23-27)42-19-6-4-3-5-9-25-10-7-11-31(30(25)17-18-33(39)40)43-20-8-12-32(37)38/h7,10-11,13-16,21-23H,3-6,8-9,12,17-20H2,1-2H3,(H,37,38)(H,39,40). The zero-order valence-electron chi connectivity index (χ0n) is 24.8. The molecule has 0 spiro atoms. The average Bonchev–Trinajstić information content (AvgIpc) is 2.97. The monoisotopic (exact) mass is 593 g/mol. The van der Waals surface area contributed by atoms with Gasteiger partial charge in [0.1, 0.15) is 17.3 Å². The number of hydrogen-bond donors (Lipinski definition) is 2. The number of aryl methyl sites for hydroxylation is 1. The van der Waals surface area contributed by atoms with E-state index in [1.807, 2.05) is 18.2 Å². The molecular weight excluding hydrogens is 553 g/mol. The molecule has 9 heteroatoms. The number of hydrogen-bond acceptors (Lipinski definition) is 5. The highest BCUT2D eigenvalue weighted by molar-refractivity contribution is 5.95. The Morgan fingerprint density at radius 1 is 0.744 bits per heavy atom. The number of carboxylic acids is 2. The van der Waals surface area contributed by atoms with Gasteiger partial charge in [0.15, 0.2) is 0 Å². The third kappa shape index (κ3) is 11.1. The predicted molar refractivity (Wildman–Crippen MR) is 162 cm³/mol. The van der Waals surface area contributed by atoms with Crippen LogP contribution in [0.15, 0.2) is 60.7 Å². The molecule has 0 bridgehead atoms. The number of amides is 1. The fraction of sp³-hybridized carbons (Fsp3) is 0.382. The Morgan fingerprint density at radius 3 is 2.14 bits per heavy atom. The van der Waals surface area contributed by atoms with E-state index >= 15 is 0 Å². The minimum absolute atomic E-state index is 0.00987. The second-order valence-electron chi connectivity index (χ2n) is 10.6. The van der Waals surface area contributed by atoms with Gasteiger partial charge in [-0.25, -0.2) is 4.39 Å². The highest BCUT2D eigenvalue weighted by Crippen LogP contribution is 2.28. The maximum absolute atomic E-state index is 13.4. The molecule has 3 rings (SSSR count). The fourth-order valence-electron chi connectivity index (χ4n) is 4.74. The van der Waals surface area contributed by atoms with Crippen molar-refractivity contribution in [1.29, 1.82) is 0 Å². The molecule has 0 aromatic heterocycles. The van der Waals surface area contributed by atoms with Gasteiger partial charge in [-0.15, -0.1) is 0 Å². The van der Waals surface area contributed by atoms with Crippen LogP contribution in [-0.4, -0.2) is 60.3 Å². The normalized spacial score (nSPS) is 10.8. The molecule has 8 nitrogen and oxygen atoms in total. The van der Waals surface area contributed by atoms with E-state index in [4.69, 9.17) is 14.6 Å². The van der Waals surface area contributed by atoms with E-state index in [-0.39, 0.29) is 31.2 Å². The Labute approximate surface area is 252 Å². The molecule has 0 heterocycles. The molecule has 0 aliphatic rings. The van der Waals surface area contributed by atoms with Crippen molar-refractivity contribution in [2.45, 2.75) is 57.8 Å². The maximum Gasteiger partial charge on any atom is 0.303 e. The first kappa shape index (κ1) is 33.1. The van der Waals surface area contributed by atoms with Crippen LogP contribution in [0.2, 0.25) is 0 Å². The van der Waals surface area contributed by atoms with Crippen molar-refractivity contribution in [1.82, 2.24) is 4.90 Å². The van der Waals surface area contributed by atoms with Crippen molar-refractivity contribution >= 4 is 17.8 Å². The molecule has 0 fully saturated rings. The Balaban J connectivity index is 1.54. The van der Waals surface area contributed by atoms with E-state index in [2.05, 4.69) is 0 Å². The lowest BCUT2D eigenvalue weighted by molar-refractivity contribution is -0.138. The molecule has 0 aliphatic heterocycles. The first-order valence-corrected chi connectivity index (χ1v) is 14.6. The summed E-state index contributed by atoms with van der Waals surface area (Å²) in [6.07, 6.45) is 5.11. The largest absolute Gasteiger partial charge is 0.494 e. The van der Waals surface area contributed by atoms with Gasteiger partial charge in [-0.2, -0.15) is 0 Å². The molecule has 0 aliphatic carbocycles. The summed E-state index contributed by atoms with van der Waals surface area (Å²) in [5.74, 6) is -1.04. The van der Waals surface area contributed by atoms with Gasteiger partial charge in [0, 0.05) is 32.5 Å². The average molecular weight is 594 g/mol. The summed E-state index contributed by atoms with van der Waals surface area (Å²) in [4.78, 5) is 36.2. The lowest BCUT2D eigenvalue weighted by atomic mass is 9.97. The van der Waals surface area contributed by atoms with Crippen molar-refractivity contribution in [3.63, 3.8) is 0 Å². The summed E-state index contributed by atoms with van der Waals surface area (Å²) >= 11 is 0. The number of benzene rings is 3. The van der Waals surface area contributed by atoms with Crippen molar-refractivity contribution in [3.05, 3.63) is 83.2 Å². The molecule has 0 radical (unpaired) electrons. The van der Waals surface area contributed by atoms with Gasteiger partial charge in [0.05, 0.1) is 13.2 Å². The van der Waals surface area contributed by atoms with Crippen LogP contribution in [0, 0.1) is 5.82 Å². The molecule has 0 saturated heterocycles. The Morgan fingerprint density at radius 2 is 1.44 bits per heavy atom. The van der Waals surface area contributed by atoms with Crippen LogP contribution in [0.5, 0.6) is 11.5 Å². The van der Waals surface area contributed by atoms with Crippen LogP contribution in [0.4, 0.5) is 4.39 Å². The number of carboxylic acid groups (broad SMARTS) is 2. The van der Waals surface area contributed by atoms with E-state index in [9.17, 15) is 23.9 Å². The topological polar surface area (TPSA) is 113 Å². The van der Waals surface area contributed by atoms with Crippen LogP contribution >= 0.6 is 0 Å². The summed E-state index contributed by atoms with van der Waals surface area (Å²) in [7, 11) is 3.38. The van der Waals surface area contributed by atoms with Gasteiger partial charge in [0.2, 0.25) is 0 Å². The highest BCUT2D eigenvalue weighted by Gasteiger charge is 2.14. The smallest absolute Gasteiger partial charge is 0.303 e. The number of rotatable bonds is 18. The molecule has 0 atom stereocenters. The van der Waals surface area contributed by atoms with Gasteiger partial charge < -0.3 is 24.6 Å². The van der Waals surface area contributed by atoms with E-state index in [1.54, 1.807) is 44.4 Å². The van der Waals surface area contributed by atoms with E-state index < -0.39 is 11.9 Å². The number of unbranched alkanes of at least 4 members (excludes halogenated alkanes) is 3. The Kier molecular flexibility index (Phi) is 13.0. The number of aliphatic carboxylic acids is 2. The van der Waals surface area contributed by atoms with Crippen LogP contribution in [0.25, 0.3) is 11.1 Å². The summed E-state index contributed by atoms with van der Waals surface area (Å²) in [5, 5.41) is 18.1. The summed E-state index contributed by atoms with van der Waals surface area (Å²) in [6, 6.07) is 17.2. The summed E-state index contributed by atoms with van der Waals surface area (Å²) in [6.45, 7) is 0.736. The second-order valence-corrected chi connectivity index (χ2v) is 10.6. The van der Waals surface area contributed by atoms with Crippen LogP contribution < -0.4 is 9.47 Å². The van der Waals surface area contributed by atoms with Gasteiger partial charge in [-0.1, -0.05) is 37.1 Å². The molecular formula is C34H40FNO7. The predicted octanol–water partition coefficient (Wildman–Crippen LogP) is 6.64. The van der Waals surface area contributed by atoms with Crippen LogP contribution in [0.1, 0.15) is 66.4 Å². The molecule has 1 amide bonds. The Hall–Kier alpha value is -4.40. The number of carbonyl (C=O) groups excluding carboxylic acids is 1. The minimum atomic E-state index is -0.881. The zero-order chi connectivity index (χ0) is 31.2. The maximum atomic E-state index is 13.4. The van der Waals surface area contributed by atoms with Gasteiger partial charge >= 0.3 is 11.9 Å². The highest BCUT2D eigenvalue weighted by atomic mass is 19.1. The molecule has 3 aromatic rings. The second kappa shape index (κ2) is 16.9. The number of halogens is 1. The first-order valence-electron chi connectivity index (χ1n) is 14.6. The molecule has 2 N–H and O–H groups in total.